The number of hydrogen-bond acceptors (Lipinski definition) is 3. The van der Waals surface area contributed by atoms with E-state index >= 15 is 0 Å². The van der Waals surface area contributed by atoms with Crippen LogP contribution in [-0.4, -0.2) is 16.2 Å². The molecule has 4 heteroatoms. The van der Waals surface area contributed by atoms with Crippen molar-refractivity contribution in [2.75, 3.05) is 0 Å². The van der Waals surface area contributed by atoms with Gasteiger partial charge < -0.3 is 14.9 Å². The molecule has 0 amide bonds. The van der Waals surface area contributed by atoms with Crippen molar-refractivity contribution in [3.63, 3.8) is 0 Å². The monoisotopic (exact) mass is 300 g/mol. The predicted octanol–water partition coefficient (Wildman–Crippen LogP) is 4.62. The van der Waals surface area contributed by atoms with E-state index in [1.165, 1.54) is 0 Å². The Bertz CT molecular complexity index is 717. The first kappa shape index (κ1) is 15.9. The maximum Gasteiger partial charge on any atom is 0.335 e. The van der Waals surface area contributed by atoms with Crippen molar-refractivity contribution >= 4 is 5.97 Å². The average Bonchev–Trinajstić information content (AvgIpc) is 2.45. The largest absolute Gasteiger partial charge is 0.508 e. The van der Waals surface area contributed by atoms with Gasteiger partial charge in [0.1, 0.15) is 17.2 Å². The number of aromatic carboxylic acids is 1. The summed E-state index contributed by atoms with van der Waals surface area (Å²) in [5.74, 6) is 0.714. The molecule has 116 valence electrons. The molecule has 0 spiro atoms. The number of carboxylic acid groups (broad SMARTS) is 1. The number of hydrogen-bond donors (Lipinski definition) is 2. The first-order valence-electron chi connectivity index (χ1n) is 7.15. The van der Waals surface area contributed by atoms with Crippen molar-refractivity contribution < 1.29 is 19.7 Å². The van der Waals surface area contributed by atoms with Gasteiger partial charge in [0.15, 0.2) is 0 Å². The maximum atomic E-state index is 11.1. The van der Waals surface area contributed by atoms with Gasteiger partial charge in [0.2, 0.25) is 0 Å². The zero-order chi connectivity index (χ0) is 16.4. The molecule has 0 saturated heterocycles. The molecule has 0 heterocycles. The second kappa shape index (κ2) is 6.10. The highest BCUT2D eigenvalue weighted by molar-refractivity contribution is 5.90. The minimum atomic E-state index is -0.945. The minimum absolute atomic E-state index is 0.181. The second-order valence-electron chi connectivity index (χ2n) is 5.64. The summed E-state index contributed by atoms with van der Waals surface area (Å²) < 4.78 is 5.87. The number of aromatic hydroxyl groups is 1. The molecule has 2 aromatic rings. The van der Waals surface area contributed by atoms with Gasteiger partial charge in [-0.05, 0) is 61.2 Å². The van der Waals surface area contributed by atoms with Gasteiger partial charge >= 0.3 is 5.97 Å². The summed E-state index contributed by atoms with van der Waals surface area (Å²) in [6, 6.07) is 8.32. The lowest BCUT2D eigenvalue weighted by atomic mass is 10.0. The van der Waals surface area contributed by atoms with E-state index in [0.717, 1.165) is 11.1 Å². The third-order valence-electron chi connectivity index (χ3n) is 3.82. The quantitative estimate of drug-likeness (QED) is 0.864. The SMILES string of the molecule is Cc1c(Oc2ccc(O)c(C(C)C)c2)ccc(C(=O)O)c1C. The number of carbonyl (C=O) groups is 1. The number of benzene rings is 2. The molecule has 22 heavy (non-hydrogen) atoms. The van der Waals surface area contributed by atoms with Crippen LogP contribution in [-0.2, 0) is 0 Å². The van der Waals surface area contributed by atoms with E-state index in [1.54, 1.807) is 37.3 Å². The van der Waals surface area contributed by atoms with Crippen LogP contribution in [0.25, 0.3) is 0 Å². The zero-order valence-electron chi connectivity index (χ0n) is 13.2. The van der Waals surface area contributed by atoms with Gasteiger partial charge in [-0.3, -0.25) is 0 Å². The molecule has 0 aliphatic heterocycles. The summed E-state index contributed by atoms with van der Waals surface area (Å²) >= 11 is 0. The number of phenolic OH excluding ortho intramolecular Hbond substituents is 1. The molecule has 0 fully saturated rings. The summed E-state index contributed by atoms with van der Waals surface area (Å²) in [7, 11) is 0. The smallest absolute Gasteiger partial charge is 0.335 e. The molecule has 0 unspecified atom stereocenters. The van der Waals surface area contributed by atoms with Gasteiger partial charge in [0, 0.05) is 5.56 Å². The van der Waals surface area contributed by atoms with E-state index in [4.69, 9.17) is 9.84 Å². The van der Waals surface area contributed by atoms with Crippen LogP contribution in [0.15, 0.2) is 30.3 Å². The lowest BCUT2D eigenvalue weighted by molar-refractivity contribution is 0.0696. The van der Waals surface area contributed by atoms with Gasteiger partial charge in [0.25, 0.3) is 0 Å². The molecule has 0 aliphatic carbocycles. The summed E-state index contributed by atoms with van der Waals surface area (Å²) in [5, 5.41) is 19.0. The highest BCUT2D eigenvalue weighted by Crippen LogP contribution is 2.33. The Hall–Kier alpha value is -2.49. The molecule has 0 bridgehead atoms. The molecule has 0 atom stereocenters. The van der Waals surface area contributed by atoms with Gasteiger partial charge in [-0.1, -0.05) is 13.8 Å². The maximum absolute atomic E-state index is 11.1. The number of phenols is 1. The van der Waals surface area contributed by atoms with Crippen LogP contribution in [0.1, 0.15) is 46.8 Å². The van der Waals surface area contributed by atoms with Gasteiger partial charge in [-0.2, -0.15) is 0 Å². The van der Waals surface area contributed by atoms with Crippen molar-refractivity contribution in [3.8, 4) is 17.2 Å². The number of rotatable bonds is 4. The zero-order valence-corrected chi connectivity index (χ0v) is 13.2. The fourth-order valence-corrected chi connectivity index (χ4v) is 2.32. The molecule has 2 aromatic carbocycles. The Morgan fingerprint density at radius 1 is 1.09 bits per heavy atom. The van der Waals surface area contributed by atoms with Crippen LogP contribution in [0.3, 0.4) is 0 Å². The second-order valence-corrected chi connectivity index (χ2v) is 5.64. The minimum Gasteiger partial charge on any atom is -0.508 e. The molecule has 2 N–H and O–H groups in total. The Morgan fingerprint density at radius 3 is 2.36 bits per heavy atom. The van der Waals surface area contributed by atoms with E-state index < -0.39 is 5.97 Å². The van der Waals surface area contributed by atoms with Crippen molar-refractivity contribution in [1.29, 1.82) is 0 Å². The normalized spacial score (nSPS) is 10.8. The van der Waals surface area contributed by atoms with Crippen LogP contribution in [0.4, 0.5) is 0 Å². The lowest BCUT2D eigenvalue weighted by Gasteiger charge is -2.15. The Labute approximate surface area is 130 Å². The van der Waals surface area contributed by atoms with Crippen LogP contribution in [0, 0.1) is 13.8 Å². The third-order valence-corrected chi connectivity index (χ3v) is 3.82. The Morgan fingerprint density at radius 2 is 1.77 bits per heavy atom. The molecule has 0 saturated carbocycles. The predicted molar refractivity (Wildman–Crippen MR) is 85.1 cm³/mol. The van der Waals surface area contributed by atoms with Gasteiger partial charge in [-0.25, -0.2) is 4.79 Å². The molecular weight excluding hydrogens is 280 g/mol. The van der Waals surface area contributed by atoms with E-state index in [9.17, 15) is 9.90 Å². The number of carboxylic acids is 1. The first-order valence-corrected chi connectivity index (χ1v) is 7.15. The van der Waals surface area contributed by atoms with E-state index in [-0.39, 0.29) is 17.2 Å². The molecule has 0 aliphatic rings. The van der Waals surface area contributed by atoms with Gasteiger partial charge in [-0.15, -0.1) is 0 Å². The molecule has 4 nitrogen and oxygen atoms in total. The fourth-order valence-electron chi connectivity index (χ4n) is 2.32. The van der Waals surface area contributed by atoms with Gasteiger partial charge in [0.05, 0.1) is 5.56 Å². The van der Waals surface area contributed by atoms with Crippen molar-refractivity contribution in [1.82, 2.24) is 0 Å². The fraction of sp³-hybridized carbons (Fsp3) is 0.278. The Kier molecular flexibility index (Phi) is 4.40. The van der Waals surface area contributed by atoms with Crippen molar-refractivity contribution in [2.24, 2.45) is 0 Å². The topological polar surface area (TPSA) is 66.8 Å². The van der Waals surface area contributed by atoms with Crippen LogP contribution in [0.5, 0.6) is 17.2 Å². The van der Waals surface area contributed by atoms with E-state index in [1.807, 2.05) is 20.8 Å². The van der Waals surface area contributed by atoms with Crippen LogP contribution in [0.2, 0.25) is 0 Å². The molecule has 0 aromatic heterocycles. The summed E-state index contributed by atoms with van der Waals surface area (Å²) in [6.07, 6.45) is 0. The highest BCUT2D eigenvalue weighted by atomic mass is 16.5. The first-order chi connectivity index (χ1) is 10.3. The average molecular weight is 300 g/mol. The van der Waals surface area contributed by atoms with Crippen LogP contribution < -0.4 is 4.74 Å². The molecule has 2 rings (SSSR count). The lowest BCUT2D eigenvalue weighted by Crippen LogP contribution is -2.02. The molecular formula is C18H20O4. The number of ether oxygens (including phenoxy) is 1. The third kappa shape index (κ3) is 3.06. The Balaban J connectivity index is 2.38. The van der Waals surface area contributed by atoms with E-state index in [2.05, 4.69) is 0 Å². The molecule has 0 radical (unpaired) electrons. The van der Waals surface area contributed by atoms with E-state index in [0.29, 0.717) is 17.1 Å². The summed E-state index contributed by atoms with van der Waals surface area (Å²) in [5.41, 5.74) is 2.57. The summed E-state index contributed by atoms with van der Waals surface area (Å²) in [6.45, 7) is 7.59. The van der Waals surface area contributed by atoms with Crippen molar-refractivity contribution in [2.45, 2.75) is 33.6 Å². The van der Waals surface area contributed by atoms with Crippen LogP contribution >= 0.6 is 0 Å². The summed E-state index contributed by atoms with van der Waals surface area (Å²) in [4.78, 5) is 11.1. The highest BCUT2D eigenvalue weighted by Gasteiger charge is 2.14. The standard InChI is InChI=1S/C18H20O4/c1-10(2)15-9-13(5-7-16(15)19)22-17-8-6-14(18(20)21)11(3)12(17)4/h5-10,19H,1-4H3,(H,20,21). The van der Waals surface area contributed by atoms with Crippen molar-refractivity contribution in [3.05, 3.63) is 52.6 Å².